The highest BCUT2D eigenvalue weighted by Gasteiger charge is 2.33. The van der Waals surface area contributed by atoms with E-state index in [0.29, 0.717) is 0 Å². The largest absolute Gasteiger partial charge is 0.573 e. The third-order valence-electron chi connectivity index (χ3n) is 1.77. The van der Waals surface area contributed by atoms with Gasteiger partial charge in [-0.1, -0.05) is 0 Å². The number of carboxylic acids is 1. The van der Waals surface area contributed by atoms with Crippen LogP contribution in [-0.2, 0) is 0 Å². The van der Waals surface area contributed by atoms with Crippen molar-refractivity contribution in [3.63, 3.8) is 0 Å². The summed E-state index contributed by atoms with van der Waals surface area (Å²) in [5, 5.41) is 8.73. The summed E-state index contributed by atoms with van der Waals surface area (Å²) >= 11 is 0. The van der Waals surface area contributed by atoms with Crippen molar-refractivity contribution in [2.45, 2.75) is 13.3 Å². The predicted octanol–water partition coefficient (Wildman–Crippen LogP) is 2.00. The van der Waals surface area contributed by atoms with E-state index < -0.39 is 29.7 Å². The maximum atomic E-state index is 12.0. The van der Waals surface area contributed by atoms with E-state index in [4.69, 9.17) is 5.11 Å². The molecule has 0 saturated carbocycles. The summed E-state index contributed by atoms with van der Waals surface area (Å²) in [6.45, 7) is 1.30. The normalized spacial score (nSPS) is 11.1. The maximum absolute atomic E-state index is 12.0. The van der Waals surface area contributed by atoms with Gasteiger partial charge in [0.15, 0.2) is 11.4 Å². The molecule has 0 aromatic carbocycles. The fourth-order valence-electron chi connectivity index (χ4n) is 1.13. The fourth-order valence-corrected chi connectivity index (χ4v) is 1.13. The number of hydrogen-bond acceptors (Lipinski definition) is 4. The number of rotatable bonds is 3. The van der Waals surface area contributed by atoms with Gasteiger partial charge in [0.1, 0.15) is 0 Å². The molecule has 0 aliphatic heterocycles. The molecule has 0 fully saturated rings. The van der Waals surface area contributed by atoms with Gasteiger partial charge in [0, 0.05) is 0 Å². The van der Waals surface area contributed by atoms with Gasteiger partial charge in [-0.25, -0.2) is 9.78 Å². The Morgan fingerprint density at radius 2 is 2.06 bits per heavy atom. The molecule has 0 bridgehead atoms. The Kier molecular flexibility index (Phi) is 3.45. The van der Waals surface area contributed by atoms with Gasteiger partial charge in [-0.15, -0.1) is 13.2 Å². The van der Waals surface area contributed by atoms with E-state index in [1.807, 2.05) is 0 Å². The number of pyridine rings is 1. The zero-order valence-corrected chi connectivity index (χ0v) is 8.83. The van der Waals surface area contributed by atoms with Gasteiger partial charge in [-0.2, -0.15) is 0 Å². The second kappa shape index (κ2) is 4.48. The van der Waals surface area contributed by atoms with Crippen molar-refractivity contribution >= 4 is 5.97 Å². The molecule has 0 spiro atoms. The summed E-state index contributed by atoms with van der Waals surface area (Å²) in [5.41, 5.74) is -0.353. The number of halogens is 3. The van der Waals surface area contributed by atoms with Crippen molar-refractivity contribution < 1.29 is 32.5 Å². The van der Waals surface area contributed by atoms with E-state index in [-0.39, 0.29) is 5.56 Å². The number of aryl methyl sites for hydroxylation is 1. The highest BCUT2D eigenvalue weighted by Crippen LogP contribution is 2.32. The Hall–Kier alpha value is -1.99. The van der Waals surface area contributed by atoms with Crippen LogP contribution in [0.1, 0.15) is 16.1 Å². The van der Waals surface area contributed by atoms with E-state index >= 15 is 0 Å². The molecule has 8 heteroatoms. The SMILES string of the molecule is COc1nc(C(=O)O)c(C)cc1OC(F)(F)F. The summed E-state index contributed by atoms with van der Waals surface area (Å²) in [6.07, 6.45) is -4.90. The van der Waals surface area contributed by atoms with Crippen molar-refractivity contribution in [1.29, 1.82) is 0 Å². The van der Waals surface area contributed by atoms with E-state index in [9.17, 15) is 18.0 Å². The molecule has 5 nitrogen and oxygen atoms in total. The summed E-state index contributed by atoms with van der Waals surface area (Å²) in [6, 6.07) is 0.906. The lowest BCUT2D eigenvalue weighted by Gasteiger charge is -2.13. The summed E-state index contributed by atoms with van der Waals surface area (Å²) in [7, 11) is 1.06. The van der Waals surface area contributed by atoms with Crippen molar-refractivity contribution in [2.75, 3.05) is 7.11 Å². The molecule has 0 aliphatic carbocycles. The molecular weight excluding hydrogens is 243 g/mol. The van der Waals surface area contributed by atoms with E-state index in [1.165, 1.54) is 6.92 Å². The third kappa shape index (κ3) is 3.23. The minimum Gasteiger partial charge on any atom is -0.478 e. The van der Waals surface area contributed by atoms with Crippen LogP contribution in [0.3, 0.4) is 0 Å². The first-order chi connectivity index (χ1) is 7.74. The molecule has 1 N–H and O–H groups in total. The topological polar surface area (TPSA) is 68.7 Å². The molecule has 0 atom stereocenters. The molecule has 0 amide bonds. The van der Waals surface area contributed by atoms with Crippen LogP contribution in [-0.4, -0.2) is 29.5 Å². The van der Waals surface area contributed by atoms with Crippen LogP contribution in [0, 0.1) is 6.92 Å². The molecular formula is C9H8F3NO4. The number of ether oxygens (including phenoxy) is 2. The smallest absolute Gasteiger partial charge is 0.478 e. The second-order valence-corrected chi connectivity index (χ2v) is 3.01. The Morgan fingerprint density at radius 1 is 1.47 bits per heavy atom. The predicted molar refractivity (Wildman–Crippen MR) is 49.2 cm³/mol. The van der Waals surface area contributed by atoms with Crippen LogP contribution >= 0.6 is 0 Å². The molecule has 1 aromatic heterocycles. The minimum absolute atomic E-state index is 0.0394. The lowest BCUT2D eigenvalue weighted by atomic mass is 10.2. The molecule has 1 rings (SSSR count). The standard InChI is InChI=1S/C9H8F3NO4/c1-4-3-5(17-9(10,11)12)7(16-2)13-6(4)8(14)15/h3H,1-2H3,(H,14,15). The summed E-state index contributed by atoms with van der Waals surface area (Å²) < 4.78 is 44.3. The van der Waals surface area contributed by atoms with Gasteiger partial charge in [0.05, 0.1) is 7.11 Å². The highest BCUT2D eigenvalue weighted by molar-refractivity contribution is 5.87. The number of nitrogens with zero attached hydrogens (tertiary/aromatic N) is 1. The van der Waals surface area contributed by atoms with Crippen molar-refractivity contribution in [3.05, 3.63) is 17.3 Å². The average Bonchev–Trinajstić information content (AvgIpc) is 2.14. The van der Waals surface area contributed by atoms with Crippen molar-refractivity contribution in [1.82, 2.24) is 4.98 Å². The zero-order valence-electron chi connectivity index (χ0n) is 8.83. The van der Waals surface area contributed by atoms with Gasteiger partial charge in [0.25, 0.3) is 5.88 Å². The molecule has 0 radical (unpaired) electrons. The maximum Gasteiger partial charge on any atom is 0.573 e. The van der Waals surface area contributed by atoms with Crippen LogP contribution in [0.2, 0.25) is 0 Å². The minimum atomic E-state index is -4.90. The number of methoxy groups -OCH3 is 1. The average molecular weight is 251 g/mol. The Labute approximate surface area is 93.8 Å². The lowest BCUT2D eigenvalue weighted by molar-refractivity contribution is -0.275. The Morgan fingerprint density at radius 3 is 2.47 bits per heavy atom. The molecule has 94 valence electrons. The fraction of sp³-hybridized carbons (Fsp3) is 0.333. The number of carboxylic acid groups (broad SMARTS) is 1. The first kappa shape index (κ1) is 13.1. The zero-order chi connectivity index (χ0) is 13.2. The van der Waals surface area contributed by atoms with E-state index in [2.05, 4.69) is 14.5 Å². The molecule has 0 aliphatic rings. The van der Waals surface area contributed by atoms with Crippen LogP contribution in [0.15, 0.2) is 6.07 Å². The second-order valence-electron chi connectivity index (χ2n) is 3.01. The van der Waals surface area contributed by atoms with Crippen molar-refractivity contribution in [2.24, 2.45) is 0 Å². The summed E-state index contributed by atoms with van der Waals surface area (Å²) in [5.74, 6) is -2.58. The molecule has 0 unspecified atom stereocenters. The van der Waals surface area contributed by atoms with Gasteiger partial charge in [-0.05, 0) is 18.6 Å². The monoisotopic (exact) mass is 251 g/mol. The number of hydrogen-bond donors (Lipinski definition) is 1. The number of carbonyl (C=O) groups is 1. The molecule has 0 saturated heterocycles. The van der Waals surface area contributed by atoms with E-state index in [0.717, 1.165) is 13.2 Å². The van der Waals surface area contributed by atoms with Crippen LogP contribution in [0.25, 0.3) is 0 Å². The first-order valence-corrected chi connectivity index (χ1v) is 4.29. The highest BCUT2D eigenvalue weighted by atomic mass is 19.4. The van der Waals surface area contributed by atoms with Crippen LogP contribution in [0.5, 0.6) is 11.6 Å². The quantitative estimate of drug-likeness (QED) is 0.889. The molecule has 1 heterocycles. The van der Waals surface area contributed by atoms with Crippen LogP contribution in [0.4, 0.5) is 13.2 Å². The van der Waals surface area contributed by atoms with Crippen molar-refractivity contribution in [3.8, 4) is 11.6 Å². The van der Waals surface area contributed by atoms with Crippen LogP contribution < -0.4 is 9.47 Å². The molecule has 1 aromatic rings. The van der Waals surface area contributed by atoms with Gasteiger partial charge in [-0.3, -0.25) is 0 Å². The van der Waals surface area contributed by atoms with Gasteiger partial charge < -0.3 is 14.6 Å². The Balaban J connectivity index is 3.24. The lowest BCUT2D eigenvalue weighted by Crippen LogP contribution is -2.18. The summed E-state index contributed by atoms with van der Waals surface area (Å²) in [4.78, 5) is 14.1. The van der Waals surface area contributed by atoms with E-state index in [1.54, 1.807) is 0 Å². The first-order valence-electron chi connectivity index (χ1n) is 4.29. The van der Waals surface area contributed by atoms with Gasteiger partial charge in [0.2, 0.25) is 0 Å². The number of alkyl halides is 3. The number of aromatic carboxylic acids is 1. The van der Waals surface area contributed by atoms with Gasteiger partial charge >= 0.3 is 12.3 Å². The molecule has 17 heavy (non-hydrogen) atoms. The third-order valence-corrected chi connectivity index (χ3v) is 1.77. The Bertz CT molecular complexity index is 445. The number of aromatic nitrogens is 1.